The summed E-state index contributed by atoms with van der Waals surface area (Å²) in [7, 11) is 0. The zero-order valence-corrected chi connectivity index (χ0v) is 16.7. The van der Waals surface area contributed by atoms with Gasteiger partial charge < -0.3 is 4.42 Å². The van der Waals surface area contributed by atoms with Crippen LogP contribution in [0.5, 0.6) is 0 Å². The summed E-state index contributed by atoms with van der Waals surface area (Å²) in [5, 5.41) is 3.35. The molecule has 0 radical (unpaired) electrons. The number of hydrogen-bond acceptors (Lipinski definition) is 5. The molecule has 1 atom stereocenters. The van der Waals surface area contributed by atoms with E-state index in [0.717, 1.165) is 28.9 Å². The summed E-state index contributed by atoms with van der Waals surface area (Å²) in [5.74, 6) is 1.38. The van der Waals surface area contributed by atoms with Crippen LogP contribution < -0.4 is 9.88 Å². The predicted molar refractivity (Wildman–Crippen MR) is 115 cm³/mol. The molecule has 1 unspecified atom stereocenters. The van der Waals surface area contributed by atoms with Gasteiger partial charge in [0, 0.05) is 17.5 Å². The molecular weight excluding hydrogens is 390 g/mol. The molecule has 0 spiro atoms. The van der Waals surface area contributed by atoms with Crippen molar-refractivity contribution in [2.45, 2.75) is 18.9 Å². The second kappa shape index (κ2) is 7.99. The molecule has 1 aliphatic heterocycles. The number of rotatable bonds is 6. The Morgan fingerprint density at radius 3 is 2.71 bits per heavy atom. The molecule has 0 amide bonds. The normalized spacial score (nSPS) is 14.8. The summed E-state index contributed by atoms with van der Waals surface area (Å²) in [6.45, 7) is 0. The minimum absolute atomic E-state index is 0.0593. The minimum Gasteiger partial charge on any atom is -0.469 e. The fourth-order valence-electron chi connectivity index (χ4n) is 3.87. The largest absolute Gasteiger partial charge is 0.469 e. The maximum Gasteiger partial charge on any atom is 0.359 e. The van der Waals surface area contributed by atoms with Gasteiger partial charge in [-0.2, -0.15) is 4.57 Å². The van der Waals surface area contributed by atoms with Crippen LogP contribution >= 0.6 is 0 Å². The number of aromatic nitrogens is 2. The Bertz CT molecular complexity index is 1250. The highest BCUT2D eigenvalue weighted by molar-refractivity contribution is 5.83. The van der Waals surface area contributed by atoms with Crippen LogP contribution in [0.15, 0.2) is 83.6 Å². The van der Waals surface area contributed by atoms with Gasteiger partial charge in [-0.1, -0.05) is 48.5 Å². The topological polar surface area (TPSA) is 76.1 Å². The van der Waals surface area contributed by atoms with E-state index in [4.69, 9.17) is 9.40 Å². The Hall–Kier alpha value is -4.06. The summed E-state index contributed by atoms with van der Waals surface area (Å²) < 4.78 is 7.08. The number of carbonyl (C=O) groups is 2. The number of hydrogen-bond donors (Lipinski definition) is 1. The second-order valence-electron chi connectivity index (χ2n) is 7.52. The summed E-state index contributed by atoms with van der Waals surface area (Å²) >= 11 is 0. The first-order valence-electron chi connectivity index (χ1n) is 10.1. The van der Waals surface area contributed by atoms with Crippen LogP contribution in [0.2, 0.25) is 0 Å². The fourth-order valence-corrected chi connectivity index (χ4v) is 3.87. The van der Waals surface area contributed by atoms with E-state index in [2.05, 4.69) is 5.32 Å². The zero-order valence-electron chi connectivity index (χ0n) is 16.7. The Kier molecular flexibility index (Phi) is 4.88. The first-order valence-corrected chi connectivity index (χ1v) is 10.1. The number of nitrogens with one attached hydrogen (secondary N) is 1. The van der Waals surface area contributed by atoms with Crippen molar-refractivity contribution in [2.24, 2.45) is 0 Å². The van der Waals surface area contributed by atoms with E-state index in [-0.39, 0.29) is 5.91 Å². The number of nitrogens with zero attached hydrogens (tertiary/aromatic N) is 2. The Labute approximate surface area is 179 Å². The third-order valence-electron chi connectivity index (χ3n) is 5.39. The summed E-state index contributed by atoms with van der Waals surface area (Å²) in [4.78, 5) is 29.3. The number of benzene rings is 2. The molecule has 152 valence electrons. The molecule has 31 heavy (non-hydrogen) atoms. The van der Waals surface area contributed by atoms with Crippen LogP contribution in [-0.2, 0) is 12.8 Å². The van der Waals surface area contributed by atoms with Crippen molar-refractivity contribution in [1.82, 2.24) is 4.98 Å². The van der Waals surface area contributed by atoms with Gasteiger partial charge in [-0.25, -0.2) is 9.78 Å². The Balaban J connectivity index is 1.58. The van der Waals surface area contributed by atoms with Gasteiger partial charge in [-0.15, -0.1) is 0 Å². The molecule has 1 aliphatic rings. The second-order valence-corrected chi connectivity index (χ2v) is 7.52. The summed E-state index contributed by atoms with van der Waals surface area (Å²) in [6, 6.07) is 20.5. The van der Waals surface area contributed by atoms with E-state index in [1.807, 2.05) is 54.6 Å². The van der Waals surface area contributed by atoms with Gasteiger partial charge in [0.2, 0.25) is 6.04 Å². The lowest BCUT2D eigenvalue weighted by Gasteiger charge is -2.07. The van der Waals surface area contributed by atoms with Crippen molar-refractivity contribution in [3.63, 3.8) is 0 Å². The molecule has 5 rings (SSSR count). The predicted octanol–water partition coefficient (Wildman–Crippen LogP) is 3.71. The summed E-state index contributed by atoms with van der Waals surface area (Å²) in [6.07, 6.45) is 5.18. The molecule has 4 aromatic rings. The standard InChI is InChI=1S/C25H19N3O3/c29-16-18-8-4-9-19(12-18)23-15-28-24(21(26-23)13-17-6-2-1-3-7-17)27-22(25(28)30)14-20-10-5-11-31-20/h1-12,15-16,22H,13-14H2/p+1. The van der Waals surface area contributed by atoms with Crippen molar-refractivity contribution in [3.05, 3.63) is 102 Å². The van der Waals surface area contributed by atoms with Gasteiger partial charge in [0.1, 0.15) is 29.6 Å². The number of fused-ring (bicyclic) bond motifs is 1. The maximum atomic E-state index is 13.2. The average molecular weight is 410 g/mol. The SMILES string of the molecule is O=Cc1cccc(-c2c[n+]3c(c(Cc4ccccc4)n2)NC(Cc2ccco2)C3=O)c1. The van der Waals surface area contributed by atoms with Crippen molar-refractivity contribution in [2.75, 3.05) is 5.32 Å². The molecule has 0 fully saturated rings. The van der Waals surface area contributed by atoms with Crippen molar-refractivity contribution in [1.29, 1.82) is 0 Å². The third kappa shape index (κ3) is 3.75. The monoisotopic (exact) mass is 410 g/mol. The zero-order chi connectivity index (χ0) is 21.2. The molecule has 2 aromatic carbocycles. The molecule has 6 nitrogen and oxygen atoms in total. The van der Waals surface area contributed by atoms with E-state index < -0.39 is 6.04 Å². The number of carbonyl (C=O) groups excluding carboxylic acids is 2. The lowest BCUT2D eigenvalue weighted by molar-refractivity contribution is -0.552. The molecule has 0 bridgehead atoms. The number of anilines is 1. The van der Waals surface area contributed by atoms with Crippen molar-refractivity contribution < 1.29 is 18.6 Å². The third-order valence-corrected chi connectivity index (χ3v) is 5.39. The quantitative estimate of drug-likeness (QED) is 0.387. The lowest BCUT2D eigenvalue weighted by Crippen LogP contribution is -2.44. The first kappa shape index (κ1) is 18.9. The Morgan fingerprint density at radius 2 is 1.94 bits per heavy atom. The smallest absolute Gasteiger partial charge is 0.359 e. The van der Waals surface area contributed by atoms with Gasteiger partial charge in [0.15, 0.2) is 0 Å². The fraction of sp³-hybridized carbons (Fsp3) is 0.120. The van der Waals surface area contributed by atoms with E-state index >= 15 is 0 Å². The van der Waals surface area contributed by atoms with Gasteiger partial charge in [-0.3, -0.25) is 10.1 Å². The molecule has 0 aliphatic carbocycles. The molecule has 3 heterocycles. The van der Waals surface area contributed by atoms with E-state index in [9.17, 15) is 9.59 Å². The molecule has 6 heteroatoms. The number of furan rings is 1. The molecule has 0 saturated heterocycles. The maximum absolute atomic E-state index is 13.2. The van der Waals surface area contributed by atoms with Crippen molar-refractivity contribution in [3.8, 4) is 11.3 Å². The summed E-state index contributed by atoms with van der Waals surface area (Å²) in [5.41, 5.74) is 3.87. The van der Waals surface area contributed by atoms with Crippen LogP contribution in [0.3, 0.4) is 0 Å². The highest BCUT2D eigenvalue weighted by Crippen LogP contribution is 2.25. The first-order chi connectivity index (χ1) is 15.2. The highest BCUT2D eigenvalue weighted by atomic mass is 16.3. The van der Waals surface area contributed by atoms with Crippen LogP contribution in [0.1, 0.15) is 32.2 Å². The number of aldehydes is 1. The Morgan fingerprint density at radius 1 is 1.06 bits per heavy atom. The molecular formula is C25H20N3O3+. The lowest BCUT2D eigenvalue weighted by atomic mass is 10.1. The average Bonchev–Trinajstić information content (AvgIpc) is 3.43. The highest BCUT2D eigenvalue weighted by Gasteiger charge is 2.41. The van der Waals surface area contributed by atoms with Crippen molar-refractivity contribution >= 4 is 18.0 Å². The van der Waals surface area contributed by atoms with E-state index in [0.29, 0.717) is 29.9 Å². The van der Waals surface area contributed by atoms with Gasteiger partial charge in [-0.05, 0) is 23.8 Å². The van der Waals surface area contributed by atoms with Gasteiger partial charge in [0.05, 0.1) is 12.7 Å². The van der Waals surface area contributed by atoms with Crippen LogP contribution in [0.25, 0.3) is 11.3 Å². The van der Waals surface area contributed by atoms with Gasteiger partial charge in [0.25, 0.3) is 0 Å². The van der Waals surface area contributed by atoms with Crippen LogP contribution in [0, 0.1) is 0 Å². The van der Waals surface area contributed by atoms with E-state index in [1.165, 1.54) is 0 Å². The molecule has 2 aromatic heterocycles. The molecule has 0 saturated carbocycles. The minimum atomic E-state index is -0.431. The molecule has 1 N–H and O–H groups in total. The van der Waals surface area contributed by atoms with E-state index in [1.54, 1.807) is 29.2 Å². The van der Waals surface area contributed by atoms with Crippen LogP contribution in [0.4, 0.5) is 5.82 Å². The van der Waals surface area contributed by atoms with Crippen LogP contribution in [-0.4, -0.2) is 23.2 Å². The van der Waals surface area contributed by atoms with Gasteiger partial charge >= 0.3 is 11.7 Å².